The molecule has 2 amide bonds. The van der Waals surface area contributed by atoms with Crippen LogP contribution >= 0.6 is 0 Å². The number of hydrogen-bond acceptors (Lipinski definition) is 6. The first-order chi connectivity index (χ1) is 15.1. The van der Waals surface area contributed by atoms with E-state index in [1.54, 1.807) is 0 Å². The molecule has 3 aliphatic heterocycles. The largest absolute Gasteiger partial charge is 0.494 e. The number of nitrogens with zero attached hydrogens (tertiary/aromatic N) is 2. The highest BCUT2D eigenvalue weighted by molar-refractivity contribution is 6.35. The van der Waals surface area contributed by atoms with E-state index in [1.165, 1.54) is 4.90 Å². The summed E-state index contributed by atoms with van der Waals surface area (Å²) in [5.74, 6) is 0.353. The summed E-state index contributed by atoms with van der Waals surface area (Å²) in [5, 5.41) is 9.66. The lowest BCUT2D eigenvalue weighted by Gasteiger charge is -2.34. The molecular weight excluding hydrogens is 396 g/mol. The van der Waals surface area contributed by atoms with Crippen LogP contribution < -0.4 is 4.74 Å². The van der Waals surface area contributed by atoms with Crippen LogP contribution in [-0.2, 0) is 14.3 Å². The van der Waals surface area contributed by atoms with Crippen molar-refractivity contribution in [1.29, 1.82) is 0 Å². The molecule has 0 saturated carbocycles. The normalized spacial score (nSPS) is 24.5. The van der Waals surface area contributed by atoms with E-state index in [-0.39, 0.29) is 30.4 Å². The van der Waals surface area contributed by atoms with Crippen LogP contribution in [0.2, 0.25) is 0 Å². The number of rotatable bonds is 8. The van der Waals surface area contributed by atoms with E-state index >= 15 is 0 Å². The number of piperidine rings is 1. The summed E-state index contributed by atoms with van der Waals surface area (Å²) in [7, 11) is 0. The van der Waals surface area contributed by atoms with Gasteiger partial charge in [0.25, 0.3) is 11.8 Å². The first-order valence-electron chi connectivity index (χ1n) is 11.4. The zero-order valence-electron chi connectivity index (χ0n) is 18.2. The molecule has 168 valence electrons. The zero-order valence-corrected chi connectivity index (χ0v) is 18.2. The Kier molecular flexibility index (Phi) is 6.92. The Balaban J connectivity index is 1.65. The maximum absolute atomic E-state index is 13.5. The predicted molar refractivity (Wildman–Crippen MR) is 116 cm³/mol. The number of amides is 2. The van der Waals surface area contributed by atoms with Gasteiger partial charge in [-0.15, -0.1) is 0 Å². The van der Waals surface area contributed by atoms with Gasteiger partial charge in [-0.25, -0.2) is 0 Å². The lowest BCUT2D eigenvalue weighted by Crippen LogP contribution is -2.42. The van der Waals surface area contributed by atoms with E-state index in [0.717, 1.165) is 43.4 Å². The van der Waals surface area contributed by atoms with E-state index in [0.29, 0.717) is 44.1 Å². The fourth-order valence-electron chi connectivity index (χ4n) is 4.63. The van der Waals surface area contributed by atoms with Crippen molar-refractivity contribution in [2.24, 2.45) is 5.92 Å². The smallest absolute Gasteiger partial charge is 0.277 e. The van der Waals surface area contributed by atoms with E-state index < -0.39 is 0 Å². The average Bonchev–Trinajstić information content (AvgIpc) is 3.40. The van der Waals surface area contributed by atoms with Gasteiger partial charge in [0.1, 0.15) is 11.4 Å². The summed E-state index contributed by atoms with van der Waals surface area (Å²) in [6.45, 7) is 5.03. The molecule has 2 fully saturated rings. The molecule has 7 nitrogen and oxygen atoms in total. The third-order valence-electron chi connectivity index (χ3n) is 6.26. The molecule has 0 spiro atoms. The number of ether oxygens (including phenoxy) is 2. The minimum absolute atomic E-state index is 0.0876. The van der Waals surface area contributed by atoms with Crippen molar-refractivity contribution in [3.05, 3.63) is 35.5 Å². The molecule has 31 heavy (non-hydrogen) atoms. The van der Waals surface area contributed by atoms with E-state index in [1.807, 2.05) is 29.2 Å². The Morgan fingerprint density at radius 2 is 1.94 bits per heavy atom. The summed E-state index contributed by atoms with van der Waals surface area (Å²) in [6, 6.07) is 7.41. The van der Waals surface area contributed by atoms with Gasteiger partial charge >= 0.3 is 0 Å². The maximum atomic E-state index is 13.5. The second-order valence-corrected chi connectivity index (χ2v) is 8.59. The Labute approximate surface area is 183 Å². The number of aliphatic hydroxyl groups excluding tert-OH is 1. The predicted octanol–water partition coefficient (Wildman–Crippen LogP) is 2.44. The monoisotopic (exact) mass is 428 g/mol. The molecule has 0 aliphatic carbocycles. The number of likely N-dealkylation sites (tertiary alicyclic amines) is 1. The van der Waals surface area contributed by atoms with Crippen molar-refractivity contribution in [3.8, 4) is 5.75 Å². The Hall–Kier alpha value is -2.38. The molecule has 0 bridgehead atoms. The van der Waals surface area contributed by atoms with E-state index in [4.69, 9.17) is 9.47 Å². The molecule has 2 saturated heterocycles. The van der Waals surface area contributed by atoms with Crippen LogP contribution in [-0.4, -0.2) is 72.3 Å². The molecule has 7 heteroatoms. The van der Waals surface area contributed by atoms with E-state index in [9.17, 15) is 14.7 Å². The number of carbonyl (C=O) groups excluding carboxylic acids is 2. The van der Waals surface area contributed by atoms with Gasteiger partial charge in [0.15, 0.2) is 0 Å². The van der Waals surface area contributed by atoms with Gasteiger partial charge in [-0.2, -0.15) is 0 Å². The molecular formula is C24H32N2O5. The fraction of sp³-hybridized carbons (Fsp3) is 0.583. The lowest BCUT2D eigenvalue weighted by molar-refractivity contribution is -0.139. The van der Waals surface area contributed by atoms with Crippen LogP contribution in [0.4, 0.5) is 0 Å². The van der Waals surface area contributed by atoms with Crippen LogP contribution in [0.5, 0.6) is 5.75 Å². The highest BCUT2D eigenvalue weighted by Crippen LogP contribution is 2.35. The highest BCUT2D eigenvalue weighted by atomic mass is 16.5. The molecule has 2 unspecified atom stereocenters. The van der Waals surface area contributed by atoms with Crippen molar-refractivity contribution in [2.45, 2.75) is 45.1 Å². The molecule has 3 aliphatic rings. The summed E-state index contributed by atoms with van der Waals surface area (Å²) in [4.78, 5) is 30.3. The van der Waals surface area contributed by atoms with Gasteiger partial charge in [0.05, 0.1) is 24.8 Å². The topological polar surface area (TPSA) is 79.3 Å². The van der Waals surface area contributed by atoms with Crippen LogP contribution in [0.1, 0.15) is 44.6 Å². The SMILES string of the molecule is CCCOc1ccc(C2=C(N3CCCC(CO)C3)C(=O)N(CC3CCCO3)C2=O)cc1. The van der Waals surface area contributed by atoms with Crippen LogP contribution in [0.15, 0.2) is 30.0 Å². The molecule has 4 rings (SSSR count). The Bertz CT molecular complexity index is 829. The van der Waals surface area contributed by atoms with Gasteiger partial charge < -0.3 is 19.5 Å². The van der Waals surface area contributed by atoms with Crippen molar-refractivity contribution in [1.82, 2.24) is 9.80 Å². The third-order valence-corrected chi connectivity index (χ3v) is 6.26. The molecule has 1 N–H and O–H groups in total. The standard InChI is InChI=1S/C24H32N2O5/c1-2-12-30-19-9-7-18(8-10-19)21-22(25-11-3-5-17(14-25)16-27)24(29)26(23(21)28)15-20-6-4-13-31-20/h7-10,17,20,27H,2-6,11-16H2,1H3. The summed E-state index contributed by atoms with van der Waals surface area (Å²) in [5.41, 5.74) is 1.63. The molecule has 2 atom stereocenters. The quantitative estimate of drug-likeness (QED) is 0.641. The van der Waals surface area contributed by atoms with Gasteiger partial charge in [-0.1, -0.05) is 19.1 Å². The van der Waals surface area contributed by atoms with Gasteiger partial charge in [0, 0.05) is 26.3 Å². The fourth-order valence-corrected chi connectivity index (χ4v) is 4.63. The van der Waals surface area contributed by atoms with Crippen LogP contribution in [0, 0.1) is 5.92 Å². The number of imide groups is 1. The molecule has 0 aromatic heterocycles. The Morgan fingerprint density at radius 1 is 1.13 bits per heavy atom. The number of benzene rings is 1. The van der Waals surface area contributed by atoms with E-state index in [2.05, 4.69) is 6.92 Å². The second-order valence-electron chi connectivity index (χ2n) is 8.59. The number of carbonyl (C=O) groups is 2. The molecule has 1 aromatic rings. The van der Waals surface area contributed by atoms with Gasteiger partial charge in [-0.05, 0) is 55.7 Å². The molecule has 1 aromatic carbocycles. The summed E-state index contributed by atoms with van der Waals surface area (Å²) >= 11 is 0. The third kappa shape index (κ3) is 4.62. The minimum atomic E-state index is -0.260. The van der Waals surface area contributed by atoms with Crippen molar-refractivity contribution >= 4 is 17.4 Å². The molecule has 0 radical (unpaired) electrons. The highest BCUT2D eigenvalue weighted by Gasteiger charge is 2.43. The summed E-state index contributed by atoms with van der Waals surface area (Å²) in [6.07, 6.45) is 4.46. The zero-order chi connectivity index (χ0) is 21.8. The lowest BCUT2D eigenvalue weighted by atomic mass is 9.97. The molecule has 3 heterocycles. The van der Waals surface area contributed by atoms with Gasteiger partial charge in [-0.3, -0.25) is 14.5 Å². The Morgan fingerprint density at radius 3 is 2.61 bits per heavy atom. The van der Waals surface area contributed by atoms with Gasteiger partial charge in [0.2, 0.25) is 0 Å². The summed E-state index contributed by atoms with van der Waals surface area (Å²) < 4.78 is 11.4. The van der Waals surface area contributed by atoms with Crippen molar-refractivity contribution in [3.63, 3.8) is 0 Å². The second kappa shape index (κ2) is 9.83. The maximum Gasteiger partial charge on any atom is 0.277 e. The number of hydrogen-bond donors (Lipinski definition) is 1. The van der Waals surface area contributed by atoms with Crippen LogP contribution in [0.3, 0.4) is 0 Å². The average molecular weight is 429 g/mol. The van der Waals surface area contributed by atoms with Crippen molar-refractivity contribution < 1.29 is 24.2 Å². The first kappa shape index (κ1) is 21.8. The van der Waals surface area contributed by atoms with Crippen molar-refractivity contribution in [2.75, 3.05) is 39.5 Å². The first-order valence-corrected chi connectivity index (χ1v) is 11.4. The minimum Gasteiger partial charge on any atom is -0.494 e. The van der Waals surface area contributed by atoms with Crippen LogP contribution in [0.25, 0.3) is 5.57 Å². The number of aliphatic hydroxyl groups is 1.